The lowest BCUT2D eigenvalue weighted by molar-refractivity contribution is -0.274. The molecule has 1 aliphatic carbocycles. The van der Waals surface area contributed by atoms with Gasteiger partial charge in [-0.2, -0.15) is 0 Å². The number of unbranched alkanes of at least 4 members (excludes halogenated alkanes) is 1. The van der Waals surface area contributed by atoms with Crippen LogP contribution in [0.5, 0.6) is 11.5 Å². The van der Waals surface area contributed by atoms with Gasteiger partial charge >= 0.3 is 6.36 Å². The molecule has 192 valence electrons. The third-order valence-electron chi connectivity index (χ3n) is 6.55. The first-order valence-electron chi connectivity index (χ1n) is 12.9. The zero-order chi connectivity index (χ0) is 25.2. The number of anilines is 1. The molecule has 0 unspecified atom stereocenters. The molecule has 0 spiro atoms. The fraction of sp³-hybridized carbons (Fsp3) is 0.400. The summed E-state index contributed by atoms with van der Waals surface area (Å²) < 4.78 is 48.0. The van der Waals surface area contributed by atoms with Crippen LogP contribution in [0.15, 0.2) is 72.8 Å². The van der Waals surface area contributed by atoms with Gasteiger partial charge in [0.05, 0.1) is 11.8 Å². The number of hydrogen-bond donors (Lipinski definition) is 1. The number of aryl methyl sites for hydroxylation is 1. The van der Waals surface area contributed by atoms with Gasteiger partial charge in [-0.25, -0.2) is 0 Å². The lowest BCUT2D eigenvalue weighted by atomic mass is 10.0. The average Bonchev–Trinajstić information content (AvgIpc) is 3.14. The number of nitrogens with one attached hydrogen (secondary N) is 1. The third kappa shape index (κ3) is 8.21. The van der Waals surface area contributed by atoms with E-state index >= 15 is 0 Å². The van der Waals surface area contributed by atoms with E-state index in [1.165, 1.54) is 43.4 Å². The van der Waals surface area contributed by atoms with E-state index in [2.05, 4.69) is 34.3 Å². The van der Waals surface area contributed by atoms with Gasteiger partial charge in [-0.3, -0.25) is 0 Å². The van der Waals surface area contributed by atoms with Crippen molar-refractivity contribution in [2.45, 2.75) is 70.3 Å². The molecule has 36 heavy (non-hydrogen) atoms. The molecule has 0 aromatic heterocycles. The number of hydrogen-bond acceptors (Lipinski definition) is 3. The molecule has 3 nitrogen and oxygen atoms in total. The molecule has 1 saturated carbocycles. The molecule has 0 saturated heterocycles. The summed E-state index contributed by atoms with van der Waals surface area (Å²) >= 11 is 0. The normalized spacial score (nSPS) is 14.8. The van der Waals surface area contributed by atoms with Crippen LogP contribution in [0.1, 0.15) is 56.9 Å². The standard InChI is InChI=1S/C30H34F3NO2/c31-30(32,33)36-27-18-15-24(16-19-27)25-17-20-29(35-26-13-6-1-2-7-14-26)28(22-25)34-21-9-8-12-23-10-4-3-5-11-23/h3-5,10-11,15-20,22,26,34H,1-2,6-9,12-14,21H2. The van der Waals surface area contributed by atoms with Crippen molar-refractivity contribution in [2.24, 2.45) is 0 Å². The van der Waals surface area contributed by atoms with Crippen LogP contribution in [-0.2, 0) is 6.42 Å². The smallest absolute Gasteiger partial charge is 0.488 e. The highest BCUT2D eigenvalue weighted by atomic mass is 19.4. The second-order valence-corrected chi connectivity index (χ2v) is 9.38. The molecule has 3 aromatic rings. The predicted octanol–water partition coefficient (Wildman–Crippen LogP) is 8.79. The minimum atomic E-state index is -4.70. The van der Waals surface area contributed by atoms with Gasteiger partial charge in [0.1, 0.15) is 11.5 Å². The summed E-state index contributed by atoms with van der Waals surface area (Å²) in [6, 6.07) is 22.4. The van der Waals surface area contributed by atoms with E-state index in [1.54, 1.807) is 12.1 Å². The van der Waals surface area contributed by atoms with Gasteiger partial charge in [0, 0.05) is 6.54 Å². The van der Waals surface area contributed by atoms with Crippen molar-refractivity contribution in [3.05, 3.63) is 78.4 Å². The fourth-order valence-corrected chi connectivity index (χ4v) is 4.66. The zero-order valence-electron chi connectivity index (χ0n) is 20.5. The summed E-state index contributed by atoms with van der Waals surface area (Å²) in [5.41, 5.74) is 3.99. The van der Waals surface area contributed by atoms with Crippen LogP contribution < -0.4 is 14.8 Å². The Labute approximate surface area is 211 Å². The Balaban J connectivity index is 1.44. The minimum Gasteiger partial charge on any atom is -0.488 e. The highest BCUT2D eigenvalue weighted by Gasteiger charge is 2.31. The van der Waals surface area contributed by atoms with Crippen molar-refractivity contribution in [3.8, 4) is 22.6 Å². The van der Waals surface area contributed by atoms with Crippen LogP contribution in [-0.4, -0.2) is 19.0 Å². The van der Waals surface area contributed by atoms with Crippen LogP contribution in [0.25, 0.3) is 11.1 Å². The Morgan fingerprint density at radius 1 is 0.778 bits per heavy atom. The summed E-state index contributed by atoms with van der Waals surface area (Å²) in [6.45, 7) is 0.815. The number of ether oxygens (including phenoxy) is 2. The predicted molar refractivity (Wildman–Crippen MR) is 139 cm³/mol. The molecule has 1 N–H and O–H groups in total. The molecule has 0 bridgehead atoms. The summed E-state index contributed by atoms with van der Waals surface area (Å²) in [4.78, 5) is 0. The number of benzene rings is 3. The molecule has 0 aliphatic heterocycles. The summed E-state index contributed by atoms with van der Waals surface area (Å²) in [7, 11) is 0. The van der Waals surface area contributed by atoms with Crippen molar-refractivity contribution in [3.63, 3.8) is 0 Å². The quantitative estimate of drug-likeness (QED) is 0.224. The molecule has 0 radical (unpaired) electrons. The van der Waals surface area contributed by atoms with Crippen molar-refractivity contribution < 1.29 is 22.6 Å². The first-order valence-corrected chi connectivity index (χ1v) is 12.9. The van der Waals surface area contributed by atoms with Gasteiger partial charge in [-0.15, -0.1) is 13.2 Å². The van der Waals surface area contributed by atoms with Crippen LogP contribution in [0.3, 0.4) is 0 Å². The topological polar surface area (TPSA) is 30.5 Å². The van der Waals surface area contributed by atoms with Gasteiger partial charge in [0.2, 0.25) is 0 Å². The van der Waals surface area contributed by atoms with Gasteiger partial charge in [-0.1, -0.05) is 61.4 Å². The number of rotatable bonds is 10. The van der Waals surface area contributed by atoms with Crippen molar-refractivity contribution in [1.82, 2.24) is 0 Å². The molecule has 0 heterocycles. The summed E-state index contributed by atoms with van der Waals surface area (Å²) in [5, 5.41) is 3.56. The number of halogens is 3. The van der Waals surface area contributed by atoms with Gasteiger partial charge in [0.25, 0.3) is 0 Å². The highest BCUT2D eigenvalue weighted by molar-refractivity contribution is 5.72. The molecule has 0 atom stereocenters. The molecule has 4 rings (SSSR count). The number of alkyl halides is 3. The second-order valence-electron chi connectivity index (χ2n) is 9.38. The maximum atomic E-state index is 12.5. The fourth-order valence-electron chi connectivity index (χ4n) is 4.66. The SMILES string of the molecule is FC(F)(F)Oc1ccc(-c2ccc(OC3CCCCCC3)c(NCCCCc3ccccc3)c2)cc1. The Kier molecular flexibility index (Phi) is 9.15. The van der Waals surface area contributed by atoms with Crippen LogP contribution in [0.2, 0.25) is 0 Å². The minimum absolute atomic E-state index is 0.218. The van der Waals surface area contributed by atoms with Crippen LogP contribution >= 0.6 is 0 Å². The van der Waals surface area contributed by atoms with Crippen molar-refractivity contribution >= 4 is 5.69 Å². The maximum Gasteiger partial charge on any atom is 0.573 e. The van der Waals surface area contributed by atoms with Crippen molar-refractivity contribution in [1.29, 1.82) is 0 Å². The van der Waals surface area contributed by atoms with E-state index in [0.29, 0.717) is 0 Å². The Hall–Kier alpha value is -3.15. The maximum absolute atomic E-state index is 12.5. The lowest BCUT2D eigenvalue weighted by Gasteiger charge is -2.21. The lowest BCUT2D eigenvalue weighted by Crippen LogP contribution is -2.17. The first-order chi connectivity index (χ1) is 17.5. The molecule has 1 aliphatic rings. The van der Waals surface area contributed by atoms with Crippen molar-refractivity contribution in [2.75, 3.05) is 11.9 Å². The highest BCUT2D eigenvalue weighted by Crippen LogP contribution is 2.34. The largest absolute Gasteiger partial charge is 0.573 e. The molecular formula is C30H34F3NO2. The van der Waals surface area contributed by atoms with E-state index in [0.717, 1.165) is 61.2 Å². The molecule has 6 heteroatoms. The Morgan fingerprint density at radius 3 is 2.17 bits per heavy atom. The van der Waals surface area contributed by atoms with Crippen LogP contribution in [0, 0.1) is 0 Å². The molecule has 1 fully saturated rings. The van der Waals surface area contributed by atoms with E-state index in [9.17, 15) is 13.2 Å². The third-order valence-corrected chi connectivity index (χ3v) is 6.55. The molecular weight excluding hydrogens is 463 g/mol. The van der Waals surface area contributed by atoms with E-state index in [4.69, 9.17) is 4.74 Å². The van der Waals surface area contributed by atoms with E-state index < -0.39 is 6.36 Å². The van der Waals surface area contributed by atoms with Crippen LogP contribution in [0.4, 0.5) is 18.9 Å². The Bertz CT molecular complexity index is 1060. The summed E-state index contributed by atoms with van der Waals surface area (Å²) in [6.07, 6.45) is 5.71. The zero-order valence-corrected chi connectivity index (χ0v) is 20.5. The monoisotopic (exact) mass is 497 g/mol. The second kappa shape index (κ2) is 12.7. The summed E-state index contributed by atoms with van der Waals surface area (Å²) in [5.74, 6) is 0.613. The van der Waals surface area contributed by atoms with E-state index in [-0.39, 0.29) is 11.9 Å². The van der Waals surface area contributed by atoms with Gasteiger partial charge < -0.3 is 14.8 Å². The van der Waals surface area contributed by atoms with Gasteiger partial charge in [-0.05, 0) is 85.9 Å². The first kappa shape index (κ1) is 25.9. The van der Waals surface area contributed by atoms with E-state index in [1.807, 2.05) is 24.3 Å². The van der Waals surface area contributed by atoms with Gasteiger partial charge in [0.15, 0.2) is 0 Å². The molecule has 3 aromatic carbocycles. The average molecular weight is 498 g/mol. The Morgan fingerprint density at radius 2 is 1.47 bits per heavy atom. The molecule has 0 amide bonds.